The Morgan fingerprint density at radius 1 is 1.00 bits per heavy atom. The summed E-state index contributed by atoms with van der Waals surface area (Å²) in [5.74, 6) is 1.64. The van der Waals surface area contributed by atoms with Crippen LogP contribution in [0.3, 0.4) is 0 Å². The maximum atomic E-state index is 5.19. The molecule has 2 heterocycles. The molecule has 0 fully saturated rings. The molecule has 24 heavy (non-hydrogen) atoms. The van der Waals surface area contributed by atoms with Gasteiger partial charge in [0.2, 0.25) is 4.96 Å². The van der Waals surface area contributed by atoms with E-state index >= 15 is 0 Å². The van der Waals surface area contributed by atoms with Crippen LogP contribution in [0.5, 0.6) is 5.75 Å². The van der Waals surface area contributed by atoms with Crippen LogP contribution in [0.1, 0.15) is 16.1 Å². The molecule has 120 valence electrons. The lowest BCUT2D eigenvalue weighted by Crippen LogP contribution is -1.94. The smallest absolute Gasteiger partial charge is 0.234 e. The lowest BCUT2D eigenvalue weighted by Gasteiger charge is -2.01. The fraction of sp³-hybridized carbons (Fsp3) is 0.167. The number of ether oxygens (including phenoxy) is 1. The number of hydrogen-bond acceptors (Lipinski definition) is 5. The Bertz CT molecular complexity index is 971. The predicted octanol–water partition coefficient (Wildman–Crippen LogP) is 3.76. The van der Waals surface area contributed by atoms with Crippen LogP contribution in [0, 0.1) is 6.92 Å². The molecule has 2 aromatic heterocycles. The summed E-state index contributed by atoms with van der Waals surface area (Å²) in [4.78, 5) is 0.814. The zero-order valence-electron chi connectivity index (χ0n) is 13.4. The van der Waals surface area contributed by atoms with E-state index in [1.54, 1.807) is 18.4 Å². The lowest BCUT2D eigenvalue weighted by molar-refractivity contribution is 0.414. The second kappa shape index (κ2) is 6.05. The Kier molecular flexibility index (Phi) is 3.74. The molecule has 0 aliphatic heterocycles. The summed E-state index contributed by atoms with van der Waals surface area (Å²) in [5.41, 5.74) is 3.44. The van der Waals surface area contributed by atoms with Gasteiger partial charge in [0.05, 0.1) is 7.11 Å². The minimum Gasteiger partial charge on any atom is -0.497 e. The molecule has 0 spiro atoms. The van der Waals surface area contributed by atoms with Gasteiger partial charge < -0.3 is 4.74 Å². The predicted molar refractivity (Wildman–Crippen MR) is 94.6 cm³/mol. The van der Waals surface area contributed by atoms with Crippen molar-refractivity contribution in [2.45, 2.75) is 13.3 Å². The second-order valence-corrected chi connectivity index (χ2v) is 6.65. The summed E-state index contributed by atoms with van der Waals surface area (Å²) in [6.45, 7) is 2.07. The molecule has 0 aliphatic carbocycles. The summed E-state index contributed by atoms with van der Waals surface area (Å²) >= 11 is 1.57. The minimum absolute atomic E-state index is 0.769. The molecule has 4 aromatic rings. The zero-order valence-corrected chi connectivity index (χ0v) is 14.2. The Labute approximate surface area is 143 Å². The van der Waals surface area contributed by atoms with Crippen molar-refractivity contribution in [3.63, 3.8) is 0 Å². The first-order chi connectivity index (χ1) is 11.7. The first kappa shape index (κ1) is 14.8. The number of methoxy groups -OCH3 is 1. The average molecular weight is 336 g/mol. The molecule has 0 saturated carbocycles. The van der Waals surface area contributed by atoms with E-state index in [2.05, 4.69) is 46.5 Å². The topological polar surface area (TPSA) is 52.3 Å². The van der Waals surface area contributed by atoms with Gasteiger partial charge in [0, 0.05) is 12.0 Å². The van der Waals surface area contributed by atoms with E-state index < -0.39 is 0 Å². The highest BCUT2D eigenvalue weighted by Crippen LogP contribution is 2.23. The van der Waals surface area contributed by atoms with Gasteiger partial charge in [-0.25, -0.2) is 0 Å². The first-order valence-corrected chi connectivity index (χ1v) is 8.45. The van der Waals surface area contributed by atoms with Gasteiger partial charge in [-0.1, -0.05) is 53.3 Å². The first-order valence-electron chi connectivity index (χ1n) is 7.64. The van der Waals surface area contributed by atoms with E-state index in [0.717, 1.165) is 33.5 Å². The van der Waals surface area contributed by atoms with Crippen LogP contribution in [0.2, 0.25) is 0 Å². The lowest BCUT2D eigenvalue weighted by atomic mass is 10.1. The molecule has 0 N–H and O–H groups in total. The van der Waals surface area contributed by atoms with Crippen molar-refractivity contribution in [1.82, 2.24) is 19.8 Å². The minimum atomic E-state index is 0.769. The normalized spacial score (nSPS) is 11.1. The van der Waals surface area contributed by atoms with E-state index in [1.165, 1.54) is 11.1 Å². The third kappa shape index (κ3) is 2.76. The number of aromatic nitrogens is 4. The second-order valence-electron chi connectivity index (χ2n) is 5.60. The van der Waals surface area contributed by atoms with Gasteiger partial charge in [0.25, 0.3) is 0 Å². The number of fused-ring (bicyclic) bond motifs is 1. The SMILES string of the molecule is COc1ccc(Cc2nn3c(-c4ccc(C)cc4)nnc3s2)cc1. The Morgan fingerprint density at radius 3 is 2.46 bits per heavy atom. The molecular weight excluding hydrogens is 320 g/mol. The molecule has 0 bridgehead atoms. The highest BCUT2D eigenvalue weighted by Gasteiger charge is 2.13. The van der Waals surface area contributed by atoms with Crippen molar-refractivity contribution in [3.05, 3.63) is 64.7 Å². The van der Waals surface area contributed by atoms with Gasteiger partial charge in [0.1, 0.15) is 10.8 Å². The fourth-order valence-electron chi connectivity index (χ4n) is 2.53. The summed E-state index contributed by atoms with van der Waals surface area (Å²) in [7, 11) is 1.67. The Balaban J connectivity index is 1.64. The van der Waals surface area contributed by atoms with Gasteiger partial charge in [0.15, 0.2) is 5.82 Å². The van der Waals surface area contributed by atoms with Crippen molar-refractivity contribution in [3.8, 4) is 17.1 Å². The number of benzene rings is 2. The van der Waals surface area contributed by atoms with Crippen LogP contribution in [-0.4, -0.2) is 26.9 Å². The Morgan fingerprint density at radius 2 is 1.75 bits per heavy atom. The molecule has 2 aromatic carbocycles. The largest absolute Gasteiger partial charge is 0.497 e. The maximum Gasteiger partial charge on any atom is 0.234 e. The van der Waals surface area contributed by atoms with Gasteiger partial charge >= 0.3 is 0 Å². The van der Waals surface area contributed by atoms with Crippen molar-refractivity contribution in [2.24, 2.45) is 0 Å². The molecule has 0 atom stereocenters. The van der Waals surface area contributed by atoms with Gasteiger partial charge in [-0.05, 0) is 24.6 Å². The van der Waals surface area contributed by atoms with E-state index in [9.17, 15) is 0 Å². The number of hydrogen-bond donors (Lipinski definition) is 0. The molecule has 5 nitrogen and oxygen atoms in total. The van der Waals surface area contributed by atoms with Crippen LogP contribution in [0.4, 0.5) is 0 Å². The highest BCUT2D eigenvalue weighted by atomic mass is 32.1. The van der Waals surface area contributed by atoms with Gasteiger partial charge in [-0.15, -0.1) is 10.2 Å². The fourth-order valence-corrected chi connectivity index (χ4v) is 3.40. The zero-order chi connectivity index (χ0) is 16.5. The Hall–Kier alpha value is -2.73. The number of rotatable bonds is 4. The van der Waals surface area contributed by atoms with Crippen molar-refractivity contribution < 1.29 is 4.74 Å². The van der Waals surface area contributed by atoms with E-state index in [0.29, 0.717) is 0 Å². The summed E-state index contributed by atoms with van der Waals surface area (Å²) in [6, 6.07) is 16.3. The van der Waals surface area contributed by atoms with Crippen LogP contribution in [0.15, 0.2) is 48.5 Å². The van der Waals surface area contributed by atoms with Crippen LogP contribution >= 0.6 is 11.3 Å². The number of nitrogens with zero attached hydrogens (tertiary/aromatic N) is 4. The maximum absolute atomic E-state index is 5.19. The monoisotopic (exact) mass is 336 g/mol. The highest BCUT2D eigenvalue weighted by molar-refractivity contribution is 7.16. The van der Waals surface area contributed by atoms with Gasteiger partial charge in [-0.2, -0.15) is 9.61 Å². The van der Waals surface area contributed by atoms with Gasteiger partial charge in [-0.3, -0.25) is 0 Å². The van der Waals surface area contributed by atoms with Crippen LogP contribution in [0.25, 0.3) is 16.3 Å². The number of aryl methyl sites for hydroxylation is 1. The quantitative estimate of drug-likeness (QED) is 0.569. The van der Waals surface area contributed by atoms with Crippen molar-refractivity contribution in [1.29, 1.82) is 0 Å². The third-order valence-electron chi connectivity index (χ3n) is 3.86. The summed E-state index contributed by atoms with van der Waals surface area (Å²) < 4.78 is 7.02. The molecule has 0 radical (unpaired) electrons. The van der Waals surface area contributed by atoms with E-state index in [-0.39, 0.29) is 0 Å². The van der Waals surface area contributed by atoms with E-state index in [4.69, 9.17) is 4.74 Å². The molecule has 6 heteroatoms. The summed E-state index contributed by atoms with van der Waals surface area (Å²) in [5, 5.41) is 14.2. The molecule has 0 unspecified atom stereocenters. The molecule has 0 amide bonds. The van der Waals surface area contributed by atoms with Crippen molar-refractivity contribution in [2.75, 3.05) is 7.11 Å². The van der Waals surface area contributed by atoms with Crippen LogP contribution in [-0.2, 0) is 6.42 Å². The standard InChI is InChI=1S/C18H16N4OS/c1-12-3-7-14(8-4-12)17-19-20-18-22(17)21-16(24-18)11-13-5-9-15(23-2)10-6-13/h3-10H,11H2,1-2H3. The van der Waals surface area contributed by atoms with Crippen molar-refractivity contribution >= 4 is 16.3 Å². The average Bonchev–Trinajstić information content (AvgIpc) is 3.16. The molecule has 0 saturated heterocycles. The molecular formula is C18H16N4OS. The third-order valence-corrected chi connectivity index (χ3v) is 4.76. The molecule has 4 rings (SSSR count). The molecule has 0 aliphatic rings. The van der Waals surface area contributed by atoms with E-state index in [1.807, 2.05) is 28.8 Å². The summed E-state index contributed by atoms with van der Waals surface area (Å²) in [6.07, 6.45) is 0.769. The van der Waals surface area contributed by atoms with Crippen LogP contribution < -0.4 is 4.74 Å².